The van der Waals surface area contributed by atoms with Gasteiger partial charge in [-0.1, -0.05) is 27.2 Å². The van der Waals surface area contributed by atoms with Crippen LogP contribution in [0.15, 0.2) is 0 Å². The minimum atomic E-state index is 0.258. The Kier molecular flexibility index (Phi) is 5.48. The molecule has 0 aromatic carbocycles. The molecule has 0 aliphatic rings. The Morgan fingerprint density at radius 1 is 1.41 bits per heavy atom. The third kappa shape index (κ3) is 3.22. The van der Waals surface area contributed by atoms with Gasteiger partial charge in [0.25, 0.3) is 0 Å². The largest absolute Gasteiger partial charge is 0.384 e. The quantitative estimate of drug-likeness (QED) is 0.795. The molecule has 0 amide bonds. The number of aryl methyl sites for hydroxylation is 1. The van der Waals surface area contributed by atoms with Gasteiger partial charge in [-0.25, -0.2) is 4.98 Å². The van der Waals surface area contributed by atoms with Gasteiger partial charge in [0.1, 0.15) is 11.6 Å². The monoisotopic (exact) mass is 239 g/mol. The van der Waals surface area contributed by atoms with Gasteiger partial charge in [0.15, 0.2) is 0 Å². The van der Waals surface area contributed by atoms with Crippen LogP contribution >= 0.6 is 0 Å². The number of rotatable bonds is 7. The molecular formula is C13H25N3O. The highest BCUT2D eigenvalue weighted by molar-refractivity contribution is 5.40. The highest BCUT2D eigenvalue weighted by atomic mass is 16.5. The summed E-state index contributed by atoms with van der Waals surface area (Å²) in [6, 6.07) is 0. The van der Waals surface area contributed by atoms with Gasteiger partial charge in [0.05, 0.1) is 12.3 Å². The number of nitrogens with zero attached hydrogens (tertiary/aromatic N) is 2. The van der Waals surface area contributed by atoms with Gasteiger partial charge in [0, 0.05) is 26.0 Å². The molecule has 0 radical (unpaired) electrons. The van der Waals surface area contributed by atoms with E-state index in [1.165, 1.54) is 6.42 Å². The zero-order valence-corrected chi connectivity index (χ0v) is 11.5. The van der Waals surface area contributed by atoms with Crippen LogP contribution in [0.5, 0.6) is 0 Å². The van der Waals surface area contributed by atoms with Gasteiger partial charge in [0.2, 0.25) is 0 Å². The Morgan fingerprint density at radius 2 is 2.12 bits per heavy atom. The van der Waals surface area contributed by atoms with Crippen molar-refractivity contribution in [1.29, 1.82) is 0 Å². The summed E-state index contributed by atoms with van der Waals surface area (Å²) >= 11 is 0. The van der Waals surface area contributed by atoms with Gasteiger partial charge < -0.3 is 15.0 Å². The van der Waals surface area contributed by atoms with E-state index >= 15 is 0 Å². The van der Waals surface area contributed by atoms with Crippen LogP contribution in [0, 0.1) is 0 Å². The number of nitrogens with two attached hydrogens (primary N) is 1. The first-order valence-electron chi connectivity index (χ1n) is 6.49. The summed E-state index contributed by atoms with van der Waals surface area (Å²) < 4.78 is 7.33. The molecule has 0 saturated heterocycles. The second kappa shape index (κ2) is 6.64. The lowest BCUT2D eigenvalue weighted by Gasteiger charge is -2.10. The van der Waals surface area contributed by atoms with Crippen molar-refractivity contribution in [3.8, 4) is 0 Å². The molecule has 0 saturated carbocycles. The second-order valence-corrected chi connectivity index (χ2v) is 4.51. The van der Waals surface area contributed by atoms with Crippen LogP contribution in [0.25, 0.3) is 0 Å². The lowest BCUT2D eigenvalue weighted by molar-refractivity contribution is 0.183. The molecule has 1 heterocycles. The summed E-state index contributed by atoms with van der Waals surface area (Å²) in [4.78, 5) is 4.66. The number of aromatic nitrogens is 2. The van der Waals surface area contributed by atoms with E-state index in [9.17, 15) is 0 Å². The zero-order chi connectivity index (χ0) is 12.8. The summed E-state index contributed by atoms with van der Waals surface area (Å²) in [5.74, 6) is 2.17. The third-order valence-electron chi connectivity index (χ3n) is 3.05. The number of methoxy groups -OCH3 is 1. The lowest BCUT2D eigenvalue weighted by atomic mass is 10.1. The normalized spacial score (nSPS) is 12.9. The van der Waals surface area contributed by atoms with E-state index in [2.05, 4.69) is 30.3 Å². The molecule has 0 fully saturated rings. The van der Waals surface area contributed by atoms with Crippen LogP contribution in [0.4, 0.5) is 5.82 Å². The maximum atomic E-state index is 6.20. The second-order valence-electron chi connectivity index (χ2n) is 4.51. The fraction of sp³-hybridized carbons (Fsp3) is 0.769. The van der Waals surface area contributed by atoms with Crippen LogP contribution < -0.4 is 5.73 Å². The highest BCUT2D eigenvalue weighted by Crippen LogP contribution is 2.24. The number of hydrogen-bond donors (Lipinski definition) is 1. The summed E-state index contributed by atoms with van der Waals surface area (Å²) in [7, 11) is 1.71. The van der Waals surface area contributed by atoms with E-state index in [1.807, 2.05) is 0 Å². The topological polar surface area (TPSA) is 53.1 Å². The molecule has 4 heteroatoms. The van der Waals surface area contributed by atoms with E-state index in [-0.39, 0.29) is 5.92 Å². The number of unbranched alkanes of at least 4 members (excludes halogenated alkanes) is 1. The average molecular weight is 239 g/mol. The van der Waals surface area contributed by atoms with Crippen LogP contribution in [0.1, 0.15) is 51.0 Å². The van der Waals surface area contributed by atoms with Crippen LogP contribution in [0.2, 0.25) is 0 Å². The highest BCUT2D eigenvalue weighted by Gasteiger charge is 2.18. The van der Waals surface area contributed by atoms with E-state index in [1.54, 1.807) is 7.11 Å². The summed E-state index contributed by atoms with van der Waals surface area (Å²) in [5.41, 5.74) is 7.18. The molecule has 0 bridgehead atoms. The van der Waals surface area contributed by atoms with Crippen LogP contribution in [0.3, 0.4) is 0 Å². The Hall–Kier alpha value is -1.03. The minimum absolute atomic E-state index is 0.258. The van der Waals surface area contributed by atoms with E-state index < -0.39 is 0 Å². The minimum Gasteiger partial charge on any atom is -0.384 e. The molecule has 1 rings (SSSR count). The lowest BCUT2D eigenvalue weighted by Crippen LogP contribution is -2.09. The first kappa shape index (κ1) is 14.0. The SMILES string of the molecule is CCCCn1c(CC)nc(C(C)COC)c1N. The van der Waals surface area contributed by atoms with Crippen molar-refractivity contribution in [2.24, 2.45) is 0 Å². The first-order chi connectivity index (χ1) is 8.15. The summed E-state index contributed by atoms with van der Waals surface area (Å²) in [6.45, 7) is 8.05. The van der Waals surface area contributed by atoms with Crippen LogP contribution in [-0.4, -0.2) is 23.3 Å². The van der Waals surface area contributed by atoms with Gasteiger partial charge in [-0.15, -0.1) is 0 Å². The van der Waals surface area contributed by atoms with Crippen molar-refractivity contribution < 1.29 is 4.74 Å². The van der Waals surface area contributed by atoms with Crippen molar-refractivity contribution in [1.82, 2.24) is 9.55 Å². The maximum absolute atomic E-state index is 6.20. The number of nitrogen functional groups attached to an aromatic ring is 1. The summed E-state index contributed by atoms with van der Waals surface area (Å²) in [6.07, 6.45) is 3.24. The van der Waals surface area contributed by atoms with Gasteiger partial charge >= 0.3 is 0 Å². The standard InChI is InChI=1S/C13H25N3O/c1-5-7-8-16-11(6-2)15-12(13(16)14)10(3)9-17-4/h10H,5-9,14H2,1-4H3. The number of ether oxygens (including phenoxy) is 1. The zero-order valence-electron chi connectivity index (χ0n) is 11.5. The molecule has 0 aliphatic carbocycles. The van der Waals surface area contributed by atoms with E-state index in [0.29, 0.717) is 6.61 Å². The molecule has 1 atom stereocenters. The van der Waals surface area contributed by atoms with Gasteiger partial charge in [-0.3, -0.25) is 0 Å². The molecule has 1 aromatic heterocycles. The third-order valence-corrected chi connectivity index (χ3v) is 3.05. The number of hydrogen-bond acceptors (Lipinski definition) is 3. The molecule has 4 nitrogen and oxygen atoms in total. The predicted octanol–water partition coefficient (Wildman–Crippen LogP) is 2.58. The Bertz CT molecular complexity index is 347. The molecule has 17 heavy (non-hydrogen) atoms. The molecule has 0 aliphatic heterocycles. The number of anilines is 1. The summed E-state index contributed by atoms with van der Waals surface area (Å²) in [5, 5.41) is 0. The van der Waals surface area contributed by atoms with Crippen molar-refractivity contribution in [2.45, 2.75) is 52.5 Å². The Balaban J connectivity index is 2.96. The van der Waals surface area contributed by atoms with Crippen molar-refractivity contribution in [3.05, 3.63) is 11.5 Å². The van der Waals surface area contributed by atoms with Crippen molar-refractivity contribution in [2.75, 3.05) is 19.5 Å². The first-order valence-corrected chi connectivity index (χ1v) is 6.49. The van der Waals surface area contributed by atoms with Gasteiger partial charge in [-0.05, 0) is 6.42 Å². The molecule has 98 valence electrons. The smallest absolute Gasteiger partial charge is 0.127 e. The molecule has 0 spiro atoms. The van der Waals surface area contributed by atoms with Crippen molar-refractivity contribution in [3.63, 3.8) is 0 Å². The maximum Gasteiger partial charge on any atom is 0.127 e. The van der Waals surface area contributed by atoms with E-state index in [4.69, 9.17) is 10.5 Å². The predicted molar refractivity (Wildman–Crippen MR) is 71.2 cm³/mol. The fourth-order valence-electron chi connectivity index (χ4n) is 2.06. The Morgan fingerprint density at radius 3 is 2.65 bits per heavy atom. The Labute approximate surface area is 104 Å². The molecule has 1 unspecified atom stereocenters. The van der Waals surface area contributed by atoms with Crippen LogP contribution in [-0.2, 0) is 17.7 Å². The molecule has 1 aromatic rings. The molecule has 2 N–H and O–H groups in total. The average Bonchev–Trinajstić information content (AvgIpc) is 2.64. The van der Waals surface area contributed by atoms with Crippen molar-refractivity contribution >= 4 is 5.82 Å². The molecular weight excluding hydrogens is 214 g/mol. The fourth-order valence-corrected chi connectivity index (χ4v) is 2.06. The van der Waals surface area contributed by atoms with E-state index in [0.717, 1.165) is 36.7 Å². The number of imidazole rings is 1. The van der Waals surface area contributed by atoms with Gasteiger partial charge in [-0.2, -0.15) is 0 Å².